The van der Waals surface area contributed by atoms with E-state index in [1.807, 2.05) is 0 Å². The highest BCUT2D eigenvalue weighted by atomic mass is 79.9. The first-order valence-corrected chi connectivity index (χ1v) is 8.12. The summed E-state index contributed by atoms with van der Waals surface area (Å²) in [7, 11) is -3.98. The lowest BCUT2D eigenvalue weighted by Crippen LogP contribution is -2.14. The van der Waals surface area contributed by atoms with E-state index < -0.39 is 16.0 Å². The van der Waals surface area contributed by atoms with E-state index >= 15 is 0 Å². The zero-order valence-electron chi connectivity index (χ0n) is 10.2. The lowest BCUT2D eigenvalue weighted by molar-refractivity contribution is 0.0697. The van der Waals surface area contributed by atoms with E-state index in [1.54, 1.807) is 0 Å². The van der Waals surface area contributed by atoms with E-state index in [0.717, 1.165) is 0 Å². The first-order chi connectivity index (χ1) is 9.79. The second-order valence-corrected chi connectivity index (χ2v) is 6.86. The van der Waals surface area contributed by atoms with Gasteiger partial charge < -0.3 is 5.11 Å². The predicted molar refractivity (Wildman–Crippen MR) is 81.2 cm³/mol. The maximum Gasteiger partial charge on any atom is 0.335 e. The van der Waals surface area contributed by atoms with Gasteiger partial charge in [0.25, 0.3) is 10.0 Å². The van der Waals surface area contributed by atoms with Crippen LogP contribution in [-0.2, 0) is 10.0 Å². The third-order valence-corrected chi connectivity index (χ3v) is 4.67. The Morgan fingerprint density at radius 2 is 2.05 bits per heavy atom. The van der Waals surface area contributed by atoms with E-state index in [4.69, 9.17) is 16.7 Å². The highest BCUT2D eigenvalue weighted by molar-refractivity contribution is 9.10. The van der Waals surface area contributed by atoms with Gasteiger partial charge in [0, 0.05) is 16.4 Å². The molecule has 0 spiro atoms. The van der Waals surface area contributed by atoms with E-state index in [-0.39, 0.29) is 21.3 Å². The zero-order chi connectivity index (χ0) is 15.6. The van der Waals surface area contributed by atoms with Gasteiger partial charge in [-0.1, -0.05) is 17.7 Å². The lowest BCUT2D eigenvalue weighted by Gasteiger charge is -2.09. The van der Waals surface area contributed by atoms with Crippen molar-refractivity contribution in [3.63, 3.8) is 0 Å². The molecule has 9 heteroatoms. The Morgan fingerprint density at radius 1 is 1.33 bits per heavy atom. The summed E-state index contributed by atoms with van der Waals surface area (Å²) in [6, 6.07) is 6.73. The molecule has 0 saturated carbocycles. The van der Waals surface area contributed by atoms with Crippen LogP contribution < -0.4 is 4.72 Å². The van der Waals surface area contributed by atoms with Crippen molar-refractivity contribution >= 4 is 49.2 Å². The molecule has 0 saturated heterocycles. The number of aromatic nitrogens is 1. The third-order valence-electron chi connectivity index (χ3n) is 2.42. The number of nitrogens with one attached hydrogen (secondary N) is 1. The van der Waals surface area contributed by atoms with Crippen LogP contribution in [0, 0.1) is 0 Å². The fourth-order valence-electron chi connectivity index (χ4n) is 1.52. The lowest BCUT2D eigenvalue weighted by atomic mass is 10.2. The molecule has 1 aromatic carbocycles. The van der Waals surface area contributed by atoms with Crippen molar-refractivity contribution in [3.8, 4) is 0 Å². The first-order valence-electron chi connectivity index (χ1n) is 5.47. The van der Waals surface area contributed by atoms with Crippen molar-refractivity contribution in [1.82, 2.24) is 4.98 Å². The molecule has 0 radical (unpaired) electrons. The highest BCUT2D eigenvalue weighted by Crippen LogP contribution is 2.25. The molecule has 1 heterocycles. The van der Waals surface area contributed by atoms with Gasteiger partial charge in [0.15, 0.2) is 0 Å². The monoisotopic (exact) mass is 390 g/mol. The minimum Gasteiger partial charge on any atom is -0.478 e. The van der Waals surface area contributed by atoms with Crippen LogP contribution in [0.2, 0.25) is 5.15 Å². The Bertz CT molecular complexity index is 811. The number of hydrogen-bond acceptors (Lipinski definition) is 4. The van der Waals surface area contributed by atoms with Crippen molar-refractivity contribution in [2.24, 2.45) is 0 Å². The number of carboxylic acid groups (broad SMARTS) is 1. The average Bonchev–Trinajstić information content (AvgIpc) is 2.41. The molecule has 0 bridgehead atoms. The Morgan fingerprint density at radius 3 is 2.71 bits per heavy atom. The van der Waals surface area contributed by atoms with Crippen molar-refractivity contribution in [3.05, 3.63) is 51.7 Å². The van der Waals surface area contributed by atoms with Gasteiger partial charge in [0.1, 0.15) is 10.0 Å². The summed E-state index contributed by atoms with van der Waals surface area (Å²) < 4.78 is 27.2. The Labute approximate surface area is 134 Å². The summed E-state index contributed by atoms with van der Waals surface area (Å²) in [5, 5.41) is 8.71. The van der Waals surface area contributed by atoms with Crippen LogP contribution >= 0.6 is 27.5 Å². The van der Waals surface area contributed by atoms with Gasteiger partial charge in [-0.05, 0) is 40.2 Å². The van der Waals surface area contributed by atoms with Gasteiger partial charge >= 0.3 is 5.97 Å². The summed E-state index contributed by atoms with van der Waals surface area (Å²) in [6.45, 7) is 0. The minimum absolute atomic E-state index is 0.0336. The SMILES string of the molecule is O=C(O)c1cccc(NS(=O)(=O)c2cc(Br)cnc2Cl)c1. The van der Waals surface area contributed by atoms with Gasteiger partial charge in [-0.2, -0.15) is 0 Å². The van der Waals surface area contributed by atoms with E-state index in [9.17, 15) is 13.2 Å². The summed E-state index contributed by atoms with van der Waals surface area (Å²) >= 11 is 8.90. The van der Waals surface area contributed by atoms with Crippen molar-refractivity contribution in [2.45, 2.75) is 4.90 Å². The quantitative estimate of drug-likeness (QED) is 0.781. The molecule has 110 valence electrons. The van der Waals surface area contributed by atoms with Gasteiger partial charge in [0.2, 0.25) is 0 Å². The number of anilines is 1. The van der Waals surface area contributed by atoms with Gasteiger partial charge in [-0.3, -0.25) is 4.72 Å². The molecular weight excluding hydrogens is 384 g/mol. The van der Waals surface area contributed by atoms with Crippen molar-refractivity contribution < 1.29 is 18.3 Å². The molecule has 1 aromatic heterocycles. The number of halogens is 2. The van der Waals surface area contributed by atoms with Gasteiger partial charge in [0.05, 0.1) is 5.56 Å². The summed E-state index contributed by atoms with van der Waals surface area (Å²) in [5.74, 6) is -1.15. The fraction of sp³-hybridized carbons (Fsp3) is 0. The van der Waals surface area contributed by atoms with Crippen LogP contribution in [0.25, 0.3) is 0 Å². The molecule has 0 aliphatic carbocycles. The molecule has 0 unspecified atom stereocenters. The van der Waals surface area contributed by atoms with Crippen LogP contribution in [0.4, 0.5) is 5.69 Å². The van der Waals surface area contributed by atoms with E-state index in [2.05, 4.69) is 25.6 Å². The Kier molecular flexibility index (Phi) is 4.50. The predicted octanol–water partition coefficient (Wildman–Crippen LogP) is 3.00. The maximum absolute atomic E-state index is 12.3. The van der Waals surface area contributed by atoms with Crippen LogP contribution in [0.1, 0.15) is 10.4 Å². The number of carboxylic acids is 1. The van der Waals surface area contributed by atoms with E-state index in [1.165, 1.54) is 36.5 Å². The van der Waals surface area contributed by atoms with Crippen LogP contribution in [0.15, 0.2) is 45.9 Å². The third kappa shape index (κ3) is 3.72. The molecule has 0 aliphatic heterocycles. The Balaban J connectivity index is 2.40. The second-order valence-electron chi connectivity index (χ2n) is 3.93. The first kappa shape index (κ1) is 15.7. The van der Waals surface area contributed by atoms with Crippen LogP contribution in [-0.4, -0.2) is 24.5 Å². The molecule has 0 aliphatic rings. The smallest absolute Gasteiger partial charge is 0.335 e. The van der Waals surface area contributed by atoms with Crippen molar-refractivity contribution in [2.75, 3.05) is 4.72 Å². The summed E-state index contributed by atoms with van der Waals surface area (Å²) in [4.78, 5) is 14.4. The van der Waals surface area contributed by atoms with Gasteiger partial charge in [-0.25, -0.2) is 18.2 Å². The average molecular weight is 392 g/mol. The largest absolute Gasteiger partial charge is 0.478 e. The summed E-state index contributed by atoms with van der Waals surface area (Å²) in [6.07, 6.45) is 1.37. The summed E-state index contributed by atoms with van der Waals surface area (Å²) in [5.41, 5.74) is 0.0830. The van der Waals surface area contributed by atoms with E-state index in [0.29, 0.717) is 4.47 Å². The molecular formula is C12H8BrClN2O4S. The number of nitrogens with zero attached hydrogens (tertiary/aromatic N) is 1. The number of sulfonamides is 1. The second kappa shape index (κ2) is 6.00. The van der Waals surface area contributed by atoms with Crippen LogP contribution in [0.3, 0.4) is 0 Å². The zero-order valence-corrected chi connectivity index (χ0v) is 13.4. The number of carbonyl (C=O) groups is 1. The molecule has 0 amide bonds. The molecule has 6 nitrogen and oxygen atoms in total. The molecule has 2 aromatic rings. The highest BCUT2D eigenvalue weighted by Gasteiger charge is 2.20. The number of hydrogen-bond donors (Lipinski definition) is 2. The molecule has 0 fully saturated rings. The molecule has 2 rings (SSSR count). The van der Waals surface area contributed by atoms with Crippen LogP contribution in [0.5, 0.6) is 0 Å². The molecule has 2 N–H and O–H groups in total. The standard InChI is InChI=1S/C12H8BrClN2O4S/c13-8-5-10(11(14)15-6-8)21(19,20)16-9-3-1-2-7(4-9)12(17)18/h1-6,16H,(H,17,18). The topological polar surface area (TPSA) is 96.4 Å². The fourth-order valence-corrected chi connectivity index (χ4v) is 3.51. The number of benzene rings is 1. The minimum atomic E-state index is -3.98. The van der Waals surface area contributed by atoms with Crippen molar-refractivity contribution in [1.29, 1.82) is 0 Å². The number of rotatable bonds is 4. The number of pyridine rings is 1. The maximum atomic E-state index is 12.3. The molecule has 21 heavy (non-hydrogen) atoms. The normalized spacial score (nSPS) is 11.1. The van der Waals surface area contributed by atoms with Gasteiger partial charge in [-0.15, -0.1) is 0 Å². The number of aromatic carboxylic acids is 1. The molecule has 0 atom stereocenters. The Hall–Kier alpha value is -1.64.